The van der Waals surface area contributed by atoms with Crippen molar-refractivity contribution in [3.8, 4) is 5.75 Å². The molecular weight excluding hydrogens is 373 g/mol. The fourth-order valence-corrected chi connectivity index (χ4v) is 2.12. The van der Waals surface area contributed by atoms with Crippen LogP contribution in [-0.2, 0) is 9.59 Å². The van der Waals surface area contributed by atoms with E-state index in [1.165, 1.54) is 12.1 Å². The topological polar surface area (TPSA) is 125 Å². The zero-order valence-corrected chi connectivity index (χ0v) is 14.1. The molecular formula is C16H19F3N2O6. The Labute approximate surface area is 152 Å². The largest absolute Gasteiger partial charge is 0.573 e. The molecule has 0 fully saturated rings. The second-order valence-electron chi connectivity index (χ2n) is 5.55. The van der Waals surface area contributed by atoms with Crippen LogP contribution in [0.4, 0.5) is 23.7 Å². The van der Waals surface area contributed by atoms with Crippen LogP contribution < -0.4 is 15.4 Å². The molecule has 2 amide bonds. The molecule has 150 valence electrons. The standard InChI is InChI=1S/C16H19F3N2O6/c17-16(18,19)27-11-8-6-10(7-9-11)20-15(26)21-12(14(24)25)4-2-1-3-5-13(22)23/h6-9,12H,1-5H2,(H,22,23)(H,24,25)(H2,20,21,26). The van der Waals surface area contributed by atoms with Gasteiger partial charge in [-0.3, -0.25) is 4.79 Å². The van der Waals surface area contributed by atoms with Gasteiger partial charge in [-0.2, -0.15) is 0 Å². The van der Waals surface area contributed by atoms with Gasteiger partial charge in [-0.05, 0) is 37.1 Å². The molecule has 4 N–H and O–H groups in total. The van der Waals surface area contributed by atoms with E-state index in [9.17, 15) is 27.6 Å². The lowest BCUT2D eigenvalue weighted by Crippen LogP contribution is -2.43. The Balaban J connectivity index is 2.47. The number of hydrogen-bond donors (Lipinski definition) is 4. The molecule has 1 atom stereocenters. The van der Waals surface area contributed by atoms with E-state index < -0.39 is 36.1 Å². The monoisotopic (exact) mass is 392 g/mol. The van der Waals surface area contributed by atoms with Crippen LogP contribution in [0.25, 0.3) is 0 Å². The van der Waals surface area contributed by atoms with E-state index in [1.54, 1.807) is 0 Å². The number of urea groups is 1. The molecule has 0 radical (unpaired) electrons. The van der Waals surface area contributed by atoms with E-state index >= 15 is 0 Å². The number of hydrogen-bond acceptors (Lipinski definition) is 4. The summed E-state index contributed by atoms with van der Waals surface area (Å²) in [6, 6.07) is 2.32. The minimum Gasteiger partial charge on any atom is -0.481 e. The van der Waals surface area contributed by atoms with E-state index in [2.05, 4.69) is 15.4 Å². The first kappa shape index (κ1) is 22.1. The quantitative estimate of drug-likeness (QED) is 0.453. The van der Waals surface area contributed by atoms with Crippen molar-refractivity contribution in [2.45, 2.75) is 44.5 Å². The lowest BCUT2D eigenvalue weighted by molar-refractivity contribution is -0.274. The third-order valence-electron chi connectivity index (χ3n) is 3.33. The second-order valence-corrected chi connectivity index (χ2v) is 5.55. The number of halogens is 3. The fraction of sp³-hybridized carbons (Fsp3) is 0.438. The first-order valence-electron chi connectivity index (χ1n) is 7.95. The molecule has 1 unspecified atom stereocenters. The van der Waals surface area contributed by atoms with Crippen molar-refractivity contribution in [3.63, 3.8) is 0 Å². The molecule has 0 aliphatic heterocycles. The Hall–Kier alpha value is -2.98. The van der Waals surface area contributed by atoms with Crippen molar-refractivity contribution in [2.24, 2.45) is 0 Å². The summed E-state index contributed by atoms with van der Waals surface area (Å²) < 4.78 is 39.9. The van der Waals surface area contributed by atoms with Crippen molar-refractivity contribution in [1.82, 2.24) is 5.32 Å². The summed E-state index contributed by atoms with van der Waals surface area (Å²) in [5.41, 5.74) is 0.146. The van der Waals surface area contributed by atoms with Crippen LogP contribution in [0.1, 0.15) is 32.1 Å². The zero-order valence-electron chi connectivity index (χ0n) is 14.1. The van der Waals surface area contributed by atoms with Crippen molar-refractivity contribution < 1.29 is 42.5 Å². The van der Waals surface area contributed by atoms with Crippen LogP contribution in [0, 0.1) is 0 Å². The van der Waals surface area contributed by atoms with Gasteiger partial charge in [-0.15, -0.1) is 13.2 Å². The number of benzene rings is 1. The number of carbonyl (C=O) groups is 3. The molecule has 0 bridgehead atoms. The van der Waals surface area contributed by atoms with Gasteiger partial charge >= 0.3 is 24.3 Å². The lowest BCUT2D eigenvalue weighted by atomic mass is 10.1. The van der Waals surface area contributed by atoms with Crippen LogP contribution in [0.3, 0.4) is 0 Å². The van der Waals surface area contributed by atoms with Gasteiger partial charge in [0.05, 0.1) is 0 Å². The second kappa shape index (κ2) is 10.2. The number of carboxylic acids is 2. The smallest absolute Gasteiger partial charge is 0.481 e. The van der Waals surface area contributed by atoms with E-state index in [0.717, 1.165) is 12.1 Å². The van der Waals surface area contributed by atoms with Crippen LogP contribution in [0.2, 0.25) is 0 Å². The number of amides is 2. The maximum absolute atomic E-state index is 12.1. The molecule has 0 aliphatic carbocycles. The molecule has 8 nitrogen and oxygen atoms in total. The number of aliphatic carboxylic acids is 2. The Morgan fingerprint density at radius 1 is 1.04 bits per heavy atom. The minimum atomic E-state index is -4.83. The summed E-state index contributed by atoms with van der Waals surface area (Å²) in [6.45, 7) is 0. The molecule has 1 aromatic rings. The van der Waals surface area contributed by atoms with Gasteiger partial charge in [0.1, 0.15) is 11.8 Å². The highest BCUT2D eigenvalue weighted by Crippen LogP contribution is 2.23. The molecule has 0 saturated heterocycles. The van der Waals surface area contributed by atoms with E-state index in [0.29, 0.717) is 19.3 Å². The van der Waals surface area contributed by atoms with Crippen molar-refractivity contribution >= 4 is 23.7 Å². The molecule has 0 spiro atoms. The number of nitrogens with one attached hydrogen (secondary N) is 2. The number of alkyl halides is 3. The minimum absolute atomic E-state index is 0.0142. The van der Waals surface area contributed by atoms with Crippen LogP contribution in [-0.4, -0.2) is 40.6 Å². The summed E-state index contributed by atoms with van der Waals surface area (Å²) in [7, 11) is 0. The van der Waals surface area contributed by atoms with E-state index in [-0.39, 0.29) is 18.5 Å². The summed E-state index contributed by atoms with van der Waals surface area (Å²) in [5, 5.41) is 22.2. The van der Waals surface area contributed by atoms with Gasteiger partial charge in [0.2, 0.25) is 0 Å². The number of carboxylic acid groups (broad SMARTS) is 2. The average molecular weight is 392 g/mol. The Morgan fingerprint density at radius 2 is 1.67 bits per heavy atom. The van der Waals surface area contributed by atoms with Crippen LogP contribution >= 0.6 is 0 Å². The predicted molar refractivity (Wildman–Crippen MR) is 87.4 cm³/mol. The normalized spacial score (nSPS) is 12.1. The van der Waals surface area contributed by atoms with Gasteiger partial charge in [0.25, 0.3) is 0 Å². The SMILES string of the molecule is O=C(O)CCCCCC(NC(=O)Nc1ccc(OC(F)(F)F)cc1)C(=O)O. The zero-order chi connectivity index (χ0) is 20.4. The maximum Gasteiger partial charge on any atom is 0.573 e. The van der Waals surface area contributed by atoms with Gasteiger partial charge in [0, 0.05) is 12.1 Å². The van der Waals surface area contributed by atoms with E-state index in [1.807, 2.05) is 0 Å². The molecule has 0 aliphatic rings. The maximum atomic E-state index is 12.1. The Kier molecular flexibility index (Phi) is 8.36. The number of carbonyl (C=O) groups excluding carboxylic acids is 1. The molecule has 1 aromatic carbocycles. The molecule has 27 heavy (non-hydrogen) atoms. The number of rotatable bonds is 10. The summed E-state index contributed by atoms with van der Waals surface area (Å²) in [5.74, 6) is -2.65. The van der Waals surface area contributed by atoms with Gasteiger partial charge < -0.3 is 25.6 Å². The van der Waals surface area contributed by atoms with Crippen molar-refractivity contribution in [2.75, 3.05) is 5.32 Å². The molecule has 0 aromatic heterocycles. The Bertz CT molecular complexity index is 649. The highest BCUT2D eigenvalue weighted by atomic mass is 19.4. The molecule has 0 saturated carbocycles. The lowest BCUT2D eigenvalue weighted by Gasteiger charge is -2.15. The third kappa shape index (κ3) is 9.92. The molecule has 11 heteroatoms. The predicted octanol–water partition coefficient (Wildman–Crippen LogP) is 3.20. The summed E-state index contributed by atoms with van der Waals surface area (Å²) in [4.78, 5) is 33.4. The highest BCUT2D eigenvalue weighted by Gasteiger charge is 2.31. The van der Waals surface area contributed by atoms with Gasteiger partial charge in [-0.25, -0.2) is 9.59 Å². The number of ether oxygens (including phenoxy) is 1. The first-order chi connectivity index (χ1) is 12.6. The van der Waals surface area contributed by atoms with E-state index in [4.69, 9.17) is 10.2 Å². The molecule has 0 heterocycles. The van der Waals surface area contributed by atoms with Crippen molar-refractivity contribution in [1.29, 1.82) is 0 Å². The van der Waals surface area contributed by atoms with Crippen LogP contribution in [0.15, 0.2) is 24.3 Å². The molecule has 1 rings (SSSR count). The third-order valence-corrected chi connectivity index (χ3v) is 3.33. The average Bonchev–Trinajstić information content (AvgIpc) is 2.53. The van der Waals surface area contributed by atoms with Crippen molar-refractivity contribution in [3.05, 3.63) is 24.3 Å². The fourth-order valence-electron chi connectivity index (χ4n) is 2.12. The summed E-state index contributed by atoms with van der Waals surface area (Å²) >= 11 is 0. The number of anilines is 1. The van der Waals surface area contributed by atoms with Gasteiger partial charge in [-0.1, -0.05) is 12.8 Å². The summed E-state index contributed by atoms with van der Waals surface area (Å²) in [6.07, 6.45) is -3.42. The number of unbranched alkanes of at least 4 members (excludes halogenated alkanes) is 2. The first-order valence-corrected chi connectivity index (χ1v) is 7.95. The highest BCUT2D eigenvalue weighted by molar-refractivity contribution is 5.92. The van der Waals surface area contributed by atoms with Gasteiger partial charge in [0.15, 0.2) is 0 Å². The Morgan fingerprint density at radius 3 is 2.19 bits per heavy atom. The van der Waals surface area contributed by atoms with Crippen LogP contribution in [0.5, 0.6) is 5.75 Å².